The van der Waals surface area contributed by atoms with E-state index in [1.165, 1.54) is 5.56 Å². The van der Waals surface area contributed by atoms with E-state index in [2.05, 4.69) is 22.4 Å². The van der Waals surface area contributed by atoms with Crippen LogP contribution in [0.15, 0.2) is 48.8 Å². The fraction of sp³-hybridized carbons (Fsp3) is 0.267. The topological polar surface area (TPSA) is 44.9 Å². The number of hydrogen-bond acceptors (Lipinski definition) is 1. The number of carbonyl (C=O) groups excluding carboxylic acids is 1. The zero-order valence-corrected chi connectivity index (χ0v) is 10.4. The van der Waals surface area contributed by atoms with Gasteiger partial charge in [0, 0.05) is 25.4 Å². The van der Waals surface area contributed by atoms with Crippen molar-refractivity contribution in [1.82, 2.24) is 10.3 Å². The van der Waals surface area contributed by atoms with Crippen molar-refractivity contribution in [2.24, 2.45) is 0 Å². The summed E-state index contributed by atoms with van der Waals surface area (Å²) >= 11 is 0. The minimum atomic E-state index is 0.118. The zero-order valence-electron chi connectivity index (χ0n) is 10.4. The summed E-state index contributed by atoms with van der Waals surface area (Å²) in [5.41, 5.74) is 2.39. The SMILES string of the molecule is O=C(CCCc1ccccc1)NCc1cc[nH]c1. The van der Waals surface area contributed by atoms with E-state index in [-0.39, 0.29) is 5.91 Å². The normalized spacial score (nSPS) is 10.2. The van der Waals surface area contributed by atoms with Crippen LogP contribution in [0.5, 0.6) is 0 Å². The van der Waals surface area contributed by atoms with Crippen LogP contribution in [0.25, 0.3) is 0 Å². The molecular weight excluding hydrogens is 224 g/mol. The Kier molecular flexibility index (Phi) is 4.59. The van der Waals surface area contributed by atoms with E-state index in [1.807, 2.05) is 36.7 Å². The van der Waals surface area contributed by atoms with Crippen molar-refractivity contribution >= 4 is 5.91 Å². The van der Waals surface area contributed by atoms with Gasteiger partial charge in [-0.15, -0.1) is 0 Å². The van der Waals surface area contributed by atoms with Crippen LogP contribution in [-0.2, 0) is 17.8 Å². The molecule has 0 saturated carbocycles. The maximum Gasteiger partial charge on any atom is 0.220 e. The summed E-state index contributed by atoms with van der Waals surface area (Å²) < 4.78 is 0. The van der Waals surface area contributed by atoms with Crippen LogP contribution in [-0.4, -0.2) is 10.9 Å². The number of carbonyl (C=O) groups is 1. The minimum absolute atomic E-state index is 0.118. The number of H-pyrrole nitrogens is 1. The molecule has 0 aliphatic carbocycles. The van der Waals surface area contributed by atoms with E-state index in [0.29, 0.717) is 13.0 Å². The third kappa shape index (κ3) is 4.09. The van der Waals surface area contributed by atoms with Crippen molar-refractivity contribution in [2.45, 2.75) is 25.8 Å². The number of amides is 1. The predicted octanol–water partition coefficient (Wildman–Crippen LogP) is 2.65. The lowest BCUT2D eigenvalue weighted by molar-refractivity contribution is -0.121. The van der Waals surface area contributed by atoms with Crippen LogP contribution in [0.1, 0.15) is 24.0 Å². The Morgan fingerprint density at radius 2 is 1.94 bits per heavy atom. The molecule has 1 amide bonds. The smallest absolute Gasteiger partial charge is 0.220 e. The number of rotatable bonds is 6. The molecule has 3 nitrogen and oxygen atoms in total. The van der Waals surface area contributed by atoms with Crippen LogP contribution in [0.3, 0.4) is 0 Å². The van der Waals surface area contributed by atoms with Gasteiger partial charge in [-0.25, -0.2) is 0 Å². The molecule has 0 radical (unpaired) electrons. The fourth-order valence-electron chi connectivity index (χ4n) is 1.86. The van der Waals surface area contributed by atoms with Crippen LogP contribution in [0.4, 0.5) is 0 Å². The molecule has 1 aromatic carbocycles. The second-order valence-corrected chi connectivity index (χ2v) is 4.34. The average molecular weight is 242 g/mol. The van der Waals surface area contributed by atoms with Crippen molar-refractivity contribution in [3.05, 3.63) is 59.9 Å². The highest BCUT2D eigenvalue weighted by molar-refractivity contribution is 5.75. The summed E-state index contributed by atoms with van der Waals surface area (Å²) in [6.07, 6.45) is 6.18. The first-order valence-corrected chi connectivity index (χ1v) is 6.27. The average Bonchev–Trinajstić information content (AvgIpc) is 2.91. The molecule has 0 aliphatic rings. The fourth-order valence-corrected chi connectivity index (χ4v) is 1.86. The number of aromatic nitrogens is 1. The Morgan fingerprint density at radius 3 is 2.67 bits per heavy atom. The van der Waals surface area contributed by atoms with E-state index >= 15 is 0 Å². The molecule has 1 aromatic heterocycles. The summed E-state index contributed by atoms with van der Waals surface area (Å²) in [6.45, 7) is 0.605. The quantitative estimate of drug-likeness (QED) is 0.803. The van der Waals surface area contributed by atoms with Gasteiger partial charge in [0.15, 0.2) is 0 Å². The summed E-state index contributed by atoms with van der Waals surface area (Å²) in [6, 6.07) is 12.2. The lowest BCUT2D eigenvalue weighted by atomic mass is 10.1. The Hall–Kier alpha value is -2.03. The van der Waals surface area contributed by atoms with Crippen LogP contribution < -0.4 is 5.32 Å². The van der Waals surface area contributed by atoms with Gasteiger partial charge in [0.25, 0.3) is 0 Å². The molecule has 0 unspecified atom stereocenters. The Bertz CT molecular complexity index is 463. The van der Waals surface area contributed by atoms with E-state index < -0.39 is 0 Å². The van der Waals surface area contributed by atoms with Gasteiger partial charge in [-0.1, -0.05) is 30.3 Å². The van der Waals surface area contributed by atoms with Gasteiger partial charge in [-0.3, -0.25) is 4.79 Å². The van der Waals surface area contributed by atoms with Gasteiger partial charge in [0.1, 0.15) is 0 Å². The number of nitrogens with one attached hydrogen (secondary N) is 2. The van der Waals surface area contributed by atoms with Crippen LogP contribution in [0, 0.1) is 0 Å². The van der Waals surface area contributed by atoms with E-state index in [1.54, 1.807) is 0 Å². The highest BCUT2D eigenvalue weighted by Gasteiger charge is 2.01. The van der Waals surface area contributed by atoms with Gasteiger partial charge in [0.2, 0.25) is 5.91 Å². The number of aryl methyl sites for hydroxylation is 1. The second-order valence-electron chi connectivity index (χ2n) is 4.34. The lowest BCUT2D eigenvalue weighted by Crippen LogP contribution is -2.22. The summed E-state index contributed by atoms with van der Waals surface area (Å²) in [7, 11) is 0. The van der Waals surface area contributed by atoms with E-state index in [4.69, 9.17) is 0 Å². The zero-order chi connectivity index (χ0) is 12.6. The van der Waals surface area contributed by atoms with Gasteiger partial charge in [-0.05, 0) is 30.0 Å². The summed E-state index contributed by atoms with van der Waals surface area (Å²) in [4.78, 5) is 14.6. The summed E-state index contributed by atoms with van der Waals surface area (Å²) in [5, 5.41) is 2.91. The van der Waals surface area contributed by atoms with Crippen LogP contribution >= 0.6 is 0 Å². The standard InChI is InChI=1S/C15H18N2O/c18-15(17-12-14-9-10-16-11-14)8-4-7-13-5-2-1-3-6-13/h1-3,5-6,9-11,16H,4,7-8,12H2,(H,17,18). The molecule has 2 rings (SSSR count). The molecule has 2 aromatic rings. The van der Waals surface area contributed by atoms with Crippen molar-refractivity contribution < 1.29 is 4.79 Å². The van der Waals surface area contributed by atoms with Gasteiger partial charge >= 0.3 is 0 Å². The Morgan fingerprint density at radius 1 is 1.11 bits per heavy atom. The second kappa shape index (κ2) is 6.64. The van der Waals surface area contributed by atoms with E-state index in [9.17, 15) is 4.79 Å². The van der Waals surface area contributed by atoms with Crippen molar-refractivity contribution in [1.29, 1.82) is 0 Å². The monoisotopic (exact) mass is 242 g/mol. The maximum absolute atomic E-state index is 11.6. The first-order chi connectivity index (χ1) is 8.84. The highest BCUT2D eigenvalue weighted by Crippen LogP contribution is 2.04. The number of hydrogen-bond donors (Lipinski definition) is 2. The molecule has 2 N–H and O–H groups in total. The first-order valence-electron chi connectivity index (χ1n) is 6.27. The molecule has 0 fully saturated rings. The summed E-state index contributed by atoms with van der Waals surface area (Å²) in [5.74, 6) is 0.118. The number of benzene rings is 1. The highest BCUT2D eigenvalue weighted by atomic mass is 16.1. The van der Waals surface area contributed by atoms with Crippen LogP contribution in [0.2, 0.25) is 0 Å². The van der Waals surface area contributed by atoms with E-state index in [0.717, 1.165) is 18.4 Å². The van der Waals surface area contributed by atoms with Crippen molar-refractivity contribution in [2.75, 3.05) is 0 Å². The van der Waals surface area contributed by atoms with Gasteiger partial charge in [0.05, 0.1) is 0 Å². The predicted molar refractivity (Wildman–Crippen MR) is 72.0 cm³/mol. The molecule has 0 saturated heterocycles. The maximum atomic E-state index is 11.6. The number of aromatic amines is 1. The molecule has 0 spiro atoms. The van der Waals surface area contributed by atoms with Crippen molar-refractivity contribution in [3.8, 4) is 0 Å². The molecule has 0 atom stereocenters. The molecule has 18 heavy (non-hydrogen) atoms. The molecule has 3 heteroatoms. The third-order valence-electron chi connectivity index (χ3n) is 2.86. The first kappa shape index (κ1) is 12.4. The Labute approximate surface area is 107 Å². The molecule has 0 aliphatic heterocycles. The molecule has 0 bridgehead atoms. The van der Waals surface area contributed by atoms with Gasteiger partial charge < -0.3 is 10.3 Å². The molecular formula is C15H18N2O. The molecule has 1 heterocycles. The lowest BCUT2D eigenvalue weighted by Gasteiger charge is -2.04. The largest absolute Gasteiger partial charge is 0.367 e. The Balaban J connectivity index is 1.63. The third-order valence-corrected chi connectivity index (χ3v) is 2.86. The molecule has 94 valence electrons. The van der Waals surface area contributed by atoms with Crippen molar-refractivity contribution in [3.63, 3.8) is 0 Å². The minimum Gasteiger partial charge on any atom is -0.367 e. The van der Waals surface area contributed by atoms with Gasteiger partial charge in [-0.2, -0.15) is 0 Å².